The van der Waals surface area contributed by atoms with Crippen molar-refractivity contribution in [2.45, 2.75) is 27.3 Å². The molecule has 0 aliphatic rings. The van der Waals surface area contributed by atoms with Crippen LogP contribution in [0, 0.1) is 20.8 Å². The quantitative estimate of drug-likeness (QED) is 0.724. The van der Waals surface area contributed by atoms with Gasteiger partial charge >= 0.3 is 0 Å². The fourth-order valence-electron chi connectivity index (χ4n) is 2.57. The van der Waals surface area contributed by atoms with Crippen LogP contribution in [-0.2, 0) is 6.54 Å². The molecule has 1 heterocycles. The second kappa shape index (κ2) is 7.78. The van der Waals surface area contributed by atoms with Crippen molar-refractivity contribution in [1.82, 2.24) is 9.97 Å². The van der Waals surface area contributed by atoms with E-state index in [2.05, 4.69) is 51.8 Å². The highest BCUT2D eigenvalue weighted by atomic mass is 16.1. The first kappa shape index (κ1) is 17.6. The number of aromatic nitrogens is 2. The van der Waals surface area contributed by atoms with Gasteiger partial charge < -0.3 is 10.6 Å². The van der Waals surface area contributed by atoms with Gasteiger partial charge in [0, 0.05) is 24.6 Å². The lowest BCUT2D eigenvalue weighted by Gasteiger charge is -2.09. The molecule has 5 heteroatoms. The number of nitrogens with zero attached hydrogens (tertiary/aromatic N) is 2. The molecule has 0 radical (unpaired) electrons. The maximum Gasteiger partial charge on any atom is 0.258 e. The second-order valence-electron chi connectivity index (χ2n) is 6.41. The van der Waals surface area contributed by atoms with Gasteiger partial charge in [-0.25, -0.2) is 9.97 Å². The van der Waals surface area contributed by atoms with Gasteiger partial charge in [-0.1, -0.05) is 47.5 Å². The molecular formula is C21H22N4O. The number of carbonyl (C=O) groups excluding carboxylic acids is 1. The van der Waals surface area contributed by atoms with Gasteiger partial charge in [0.25, 0.3) is 5.91 Å². The molecule has 0 saturated carbocycles. The molecule has 2 N–H and O–H groups in total. The normalized spacial score (nSPS) is 10.4. The van der Waals surface area contributed by atoms with Crippen LogP contribution >= 0.6 is 0 Å². The van der Waals surface area contributed by atoms with Crippen LogP contribution in [0.25, 0.3) is 0 Å². The summed E-state index contributed by atoms with van der Waals surface area (Å²) in [4.78, 5) is 20.8. The zero-order chi connectivity index (χ0) is 18.5. The lowest BCUT2D eigenvalue weighted by molar-refractivity contribution is 0.102. The Hall–Kier alpha value is -3.21. The Morgan fingerprint density at radius 3 is 2.23 bits per heavy atom. The molecule has 26 heavy (non-hydrogen) atoms. The SMILES string of the molecule is Cc1ccc(CNc2ncc(C(=O)Nc3ccc(C)cc3C)cn2)cc1. The Morgan fingerprint density at radius 1 is 0.923 bits per heavy atom. The number of nitrogens with one attached hydrogen (secondary N) is 2. The predicted octanol–water partition coefficient (Wildman–Crippen LogP) is 4.27. The van der Waals surface area contributed by atoms with Crippen molar-refractivity contribution in [3.05, 3.63) is 82.7 Å². The van der Waals surface area contributed by atoms with Gasteiger partial charge in [0.05, 0.1) is 5.56 Å². The van der Waals surface area contributed by atoms with E-state index in [9.17, 15) is 4.79 Å². The molecule has 3 rings (SSSR count). The summed E-state index contributed by atoms with van der Waals surface area (Å²) in [6.07, 6.45) is 3.06. The summed E-state index contributed by atoms with van der Waals surface area (Å²) in [5.41, 5.74) is 5.77. The van der Waals surface area contributed by atoms with Crippen molar-refractivity contribution in [2.75, 3.05) is 10.6 Å². The Morgan fingerprint density at radius 2 is 1.58 bits per heavy atom. The third-order valence-corrected chi connectivity index (χ3v) is 4.12. The van der Waals surface area contributed by atoms with E-state index in [4.69, 9.17) is 0 Å². The summed E-state index contributed by atoms with van der Waals surface area (Å²) in [5, 5.41) is 6.05. The van der Waals surface area contributed by atoms with Crippen LogP contribution in [0.2, 0.25) is 0 Å². The molecule has 0 bridgehead atoms. The van der Waals surface area contributed by atoms with Crippen molar-refractivity contribution in [2.24, 2.45) is 0 Å². The van der Waals surface area contributed by atoms with Crippen LogP contribution < -0.4 is 10.6 Å². The topological polar surface area (TPSA) is 66.9 Å². The molecule has 0 atom stereocenters. The van der Waals surface area contributed by atoms with Gasteiger partial charge in [0.15, 0.2) is 0 Å². The molecule has 0 unspecified atom stereocenters. The van der Waals surface area contributed by atoms with Crippen LogP contribution in [-0.4, -0.2) is 15.9 Å². The van der Waals surface area contributed by atoms with Crippen molar-refractivity contribution in [3.63, 3.8) is 0 Å². The van der Waals surface area contributed by atoms with Gasteiger partial charge in [0.2, 0.25) is 5.95 Å². The number of anilines is 2. The van der Waals surface area contributed by atoms with Crippen LogP contribution in [0.15, 0.2) is 54.9 Å². The molecule has 0 spiro atoms. The largest absolute Gasteiger partial charge is 0.350 e. The van der Waals surface area contributed by atoms with E-state index in [1.807, 2.05) is 32.0 Å². The summed E-state index contributed by atoms with van der Waals surface area (Å²) in [7, 11) is 0. The molecule has 1 amide bonds. The molecule has 5 nitrogen and oxygen atoms in total. The molecule has 0 aliphatic carbocycles. The third-order valence-electron chi connectivity index (χ3n) is 4.12. The molecule has 3 aromatic rings. The smallest absolute Gasteiger partial charge is 0.258 e. The molecule has 1 aromatic heterocycles. The number of rotatable bonds is 5. The first-order valence-electron chi connectivity index (χ1n) is 8.51. The highest BCUT2D eigenvalue weighted by Gasteiger charge is 2.09. The number of benzene rings is 2. The average Bonchev–Trinajstić information content (AvgIpc) is 2.64. The maximum absolute atomic E-state index is 12.4. The minimum Gasteiger partial charge on any atom is -0.350 e. The summed E-state index contributed by atoms with van der Waals surface area (Å²) < 4.78 is 0. The molecule has 132 valence electrons. The highest BCUT2D eigenvalue weighted by molar-refractivity contribution is 6.04. The zero-order valence-electron chi connectivity index (χ0n) is 15.2. The van der Waals surface area contributed by atoms with Crippen LogP contribution in [0.3, 0.4) is 0 Å². The summed E-state index contributed by atoms with van der Waals surface area (Å²) >= 11 is 0. The highest BCUT2D eigenvalue weighted by Crippen LogP contribution is 2.17. The Balaban J connectivity index is 1.61. The molecular weight excluding hydrogens is 324 g/mol. The van der Waals surface area contributed by atoms with Crippen molar-refractivity contribution in [3.8, 4) is 0 Å². The van der Waals surface area contributed by atoms with E-state index >= 15 is 0 Å². The minimum atomic E-state index is -0.220. The van der Waals surface area contributed by atoms with E-state index in [-0.39, 0.29) is 5.91 Å². The van der Waals surface area contributed by atoms with Crippen LogP contribution in [0.5, 0.6) is 0 Å². The summed E-state index contributed by atoms with van der Waals surface area (Å²) in [6, 6.07) is 14.2. The number of hydrogen-bond acceptors (Lipinski definition) is 4. The van der Waals surface area contributed by atoms with Gasteiger partial charge in [-0.05, 0) is 38.0 Å². The standard InChI is InChI=1S/C21H22N4O/c1-14-4-7-17(8-5-14)11-22-21-23-12-18(13-24-21)20(26)25-19-9-6-15(2)10-16(19)3/h4-10,12-13H,11H2,1-3H3,(H,25,26)(H,22,23,24). The van der Waals surface area contributed by atoms with E-state index in [0.717, 1.165) is 22.4 Å². The number of aryl methyl sites for hydroxylation is 3. The summed E-state index contributed by atoms with van der Waals surface area (Å²) in [6.45, 7) is 6.68. The Labute approximate surface area is 153 Å². The van der Waals surface area contributed by atoms with Crippen LogP contribution in [0.4, 0.5) is 11.6 Å². The minimum absolute atomic E-state index is 0.220. The number of amides is 1. The average molecular weight is 346 g/mol. The lowest BCUT2D eigenvalue weighted by Crippen LogP contribution is -2.14. The lowest BCUT2D eigenvalue weighted by atomic mass is 10.1. The van der Waals surface area contributed by atoms with E-state index in [1.54, 1.807) is 0 Å². The van der Waals surface area contributed by atoms with Crippen molar-refractivity contribution >= 4 is 17.5 Å². The van der Waals surface area contributed by atoms with Crippen molar-refractivity contribution in [1.29, 1.82) is 0 Å². The van der Waals surface area contributed by atoms with E-state index < -0.39 is 0 Å². The zero-order valence-corrected chi connectivity index (χ0v) is 15.2. The molecule has 0 fully saturated rings. The number of hydrogen-bond donors (Lipinski definition) is 2. The predicted molar refractivity (Wildman–Crippen MR) is 104 cm³/mol. The summed E-state index contributed by atoms with van der Waals surface area (Å²) in [5.74, 6) is 0.274. The fourth-order valence-corrected chi connectivity index (χ4v) is 2.57. The van der Waals surface area contributed by atoms with Crippen LogP contribution in [0.1, 0.15) is 32.6 Å². The third kappa shape index (κ3) is 4.45. The monoisotopic (exact) mass is 346 g/mol. The molecule has 2 aromatic carbocycles. The first-order chi connectivity index (χ1) is 12.5. The van der Waals surface area contributed by atoms with E-state index in [0.29, 0.717) is 18.1 Å². The van der Waals surface area contributed by atoms with Gasteiger partial charge in [-0.2, -0.15) is 0 Å². The Kier molecular flexibility index (Phi) is 5.27. The number of carbonyl (C=O) groups is 1. The van der Waals surface area contributed by atoms with Gasteiger partial charge in [0.1, 0.15) is 0 Å². The van der Waals surface area contributed by atoms with Crippen molar-refractivity contribution < 1.29 is 4.79 Å². The molecule has 0 aliphatic heterocycles. The molecule has 0 saturated heterocycles. The first-order valence-corrected chi connectivity index (χ1v) is 8.51. The maximum atomic E-state index is 12.4. The van der Waals surface area contributed by atoms with Gasteiger partial charge in [-0.15, -0.1) is 0 Å². The van der Waals surface area contributed by atoms with Gasteiger partial charge in [-0.3, -0.25) is 4.79 Å². The fraction of sp³-hybridized carbons (Fsp3) is 0.190. The second-order valence-corrected chi connectivity index (χ2v) is 6.41. The van der Waals surface area contributed by atoms with E-state index in [1.165, 1.54) is 18.0 Å². The Bertz CT molecular complexity index is 902.